The molecule has 1 unspecified atom stereocenters. The molecule has 0 aliphatic rings. The van der Waals surface area contributed by atoms with Gasteiger partial charge in [0.15, 0.2) is 0 Å². The summed E-state index contributed by atoms with van der Waals surface area (Å²) in [5.74, 6) is -0.340. The van der Waals surface area contributed by atoms with Gasteiger partial charge in [0.25, 0.3) is 0 Å². The fraction of sp³-hybridized carbons (Fsp3) is 0.200. The van der Waals surface area contributed by atoms with Crippen molar-refractivity contribution in [2.45, 2.75) is 11.8 Å². The summed E-state index contributed by atoms with van der Waals surface area (Å²) in [5, 5.41) is 7.82. The Balaban J connectivity index is 2.42. The SMILES string of the molecule is CC(Br)c1cn(-c2ccc(Br)cc2F)nn1. The number of aromatic nitrogens is 3. The zero-order valence-electron chi connectivity index (χ0n) is 8.36. The van der Waals surface area contributed by atoms with Gasteiger partial charge in [0.2, 0.25) is 0 Å². The first-order valence-corrected chi connectivity index (χ1v) is 6.30. The average molecular weight is 349 g/mol. The van der Waals surface area contributed by atoms with Gasteiger partial charge in [-0.3, -0.25) is 0 Å². The summed E-state index contributed by atoms with van der Waals surface area (Å²) in [5.41, 5.74) is 1.15. The second kappa shape index (κ2) is 4.63. The predicted octanol–water partition coefficient (Wildman–Crippen LogP) is 3.62. The minimum atomic E-state index is -0.340. The van der Waals surface area contributed by atoms with E-state index in [1.807, 2.05) is 6.92 Å². The molecule has 2 aromatic rings. The highest BCUT2D eigenvalue weighted by atomic mass is 79.9. The third-order valence-electron chi connectivity index (χ3n) is 2.08. The van der Waals surface area contributed by atoms with Gasteiger partial charge in [0.1, 0.15) is 11.5 Å². The number of halogens is 3. The second-order valence-electron chi connectivity index (χ2n) is 3.30. The van der Waals surface area contributed by atoms with E-state index in [1.54, 1.807) is 18.3 Å². The molecule has 0 bridgehead atoms. The summed E-state index contributed by atoms with van der Waals surface area (Å²) in [6, 6.07) is 4.81. The molecule has 1 aromatic heterocycles. The summed E-state index contributed by atoms with van der Waals surface area (Å²) in [4.78, 5) is 0.0970. The molecule has 0 spiro atoms. The van der Waals surface area contributed by atoms with Crippen molar-refractivity contribution in [3.63, 3.8) is 0 Å². The van der Waals surface area contributed by atoms with Crippen LogP contribution in [0.2, 0.25) is 0 Å². The molecule has 16 heavy (non-hydrogen) atoms. The van der Waals surface area contributed by atoms with E-state index < -0.39 is 0 Å². The number of hydrogen-bond donors (Lipinski definition) is 0. The van der Waals surface area contributed by atoms with E-state index >= 15 is 0 Å². The second-order valence-corrected chi connectivity index (χ2v) is 5.59. The third kappa shape index (κ3) is 2.32. The summed E-state index contributed by atoms with van der Waals surface area (Å²) < 4.78 is 15.7. The molecule has 0 radical (unpaired) electrons. The highest BCUT2D eigenvalue weighted by Gasteiger charge is 2.10. The third-order valence-corrected chi connectivity index (χ3v) is 3.04. The van der Waals surface area contributed by atoms with Crippen LogP contribution in [-0.2, 0) is 0 Å². The van der Waals surface area contributed by atoms with Crippen molar-refractivity contribution < 1.29 is 4.39 Å². The number of nitrogens with zero attached hydrogens (tertiary/aromatic N) is 3. The van der Waals surface area contributed by atoms with Gasteiger partial charge < -0.3 is 0 Å². The summed E-state index contributed by atoms with van der Waals surface area (Å²) in [6.07, 6.45) is 1.70. The normalized spacial score (nSPS) is 12.8. The van der Waals surface area contributed by atoms with Crippen molar-refractivity contribution in [2.24, 2.45) is 0 Å². The van der Waals surface area contributed by atoms with Crippen molar-refractivity contribution in [2.75, 3.05) is 0 Å². The van der Waals surface area contributed by atoms with Gasteiger partial charge in [-0.25, -0.2) is 9.07 Å². The van der Waals surface area contributed by atoms with E-state index in [4.69, 9.17) is 0 Å². The van der Waals surface area contributed by atoms with Crippen LogP contribution in [0.4, 0.5) is 4.39 Å². The molecule has 0 amide bonds. The predicted molar refractivity (Wildman–Crippen MR) is 66.4 cm³/mol. The van der Waals surface area contributed by atoms with Gasteiger partial charge in [0.05, 0.1) is 16.7 Å². The van der Waals surface area contributed by atoms with Crippen LogP contribution in [-0.4, -0.2) is 15.0 Å². The van der Waals surface area contributed by atoms with Crippen molar-refractivity contribution in [3.8, 4) is 5.69 Å². The molecule has 1 aromatic carbocycles. The van der Waals surface area contributed by atoms with E-state index in [0.29, 0.717) is 10.2 Å². The Hall–Kier alpha value is -0.750. The van der Waals surface area contributed by atoms with Gasteiger partial charge in [-0.2, -0.15) is 0 Å². The van der Waals surface area contributed by atoms with Crippen molar-refractivity contribution >= 4 is 31.9 Å². The molecule has 0 aliphatic carbocycles. The number of rotatable bonds is 2. The molecule has 3 nitrogen and oxygen atoms in total. The smallest absolute Gasteiger partial charge is 0.150 e. The lowest BCUT2D eigenvalue weighted by Crippen LogP contribution is -1.98. The Labute approximate surface area is 109 Å². The zero-order valence-corrected chi connectivity index (χ0v) is 11.5. The van der Waals surface area contributed by atoms with Crippen LogP contribution in [0.3, 0.4) is 0 Å². The van der Waals surface area contributed by atoms with E-state index in [9.17, 15) is 4.39 Å². The van der Waals surface area contributed by atoms with Crippen LogP contribution < -0.4 is 0 Å². The Kier molecular flexibility index (Phi) is 3.39. The maximum atomic E-state index is 13.6. The molecule has 0 aliphatic heterocycles. The number of hydrogen-bond acceptors (Lipinski definition) is 2. The van der Waals surface area contributed by atoms with Gasteiger partial charge in [-0.1, -0.05) is 37.1 Å². The van der Waals surface area contributed by atoms with Crippen LogP contribution in [0.5, 0.6) is 0 Å². The Morgan fingerprint density at radius 3 is 2.75 bits per heavy atom. The first-order chi connectivity index (χ1) is 7.58. The molecule has 0 N–H and O–H groups in total. The van der Waals surface area contributed by atoms with E-state index in [2.05, 4.69) is 42.2 Å². The summed E-state index contributed by atoms with van der Waals surface area (Å²) in [7, 11) is 0. The Morgan fingerprint density at radius 1 is 1.44 bits per heavy atom. The fourth-order valence-corrected chi connectivity index (χ4v) is 1.79. The fourth-order valence-electron chi connectivity index (χ4n) is 1.24. The Bertz CT molecular complexity index is 511. The summed E-state index contributed by atoms with van der Waals surface area (Å²) >= 11 is 6.59. The number of benzene rings is 1. The highest BCUT2D eigenvalue weighted by Crippen LogP contribution is 2.22. The first-order valence-electron chi connectivity index (χ1n) is 4.59. The molecule has 6 heteroatoms. The number of alkyl halides is 1. The quantitative estimate of drug-likeness (QED) is 0.776. The largest absolute Gasteiger partial charge is 0.217 e. The molecule has 0 fully saturated rings. The molecule has 2 rings (SSSR count). The van der Waals surface area contributed by atoms with Crippen LogP contribution in [0.1, 0.15) is 17.4 Å². The van der Waals surface area contributed by atoms with Crippen LogP contribution in [0.15, 0.2) is 28.9 Å². The minimum Gasteiger partial charge on any atom is -0.217 e. The van der Waals surface area contributed by atoms with Crippen LogP contribution in [0, 0.1) is 5.82 Å². The van der Waals surface area contributed by atoms with Crippen LogP contribution >= 0.6 is 31.9 Å². The molecular formula is C10H8Br2FN3. The molecular weight excluding hydrogens is 341 g/mol. The van der Waals surface area contributed by atoms with Crippen molar-refractivity contribution in [1.82, 2.24) is 15.0 Å². The van der Waals surface area contributed by atoms with E-state index in [0.717, 1.165) is 5.69 Å². The van der Waals surface area contributed by atoms with Gasteiger partial charge in [0, 0.05) is 4.47 Å². The maximum absolute atomic E-state index is 13.6. The lowest BCUT2D eigenvalue weighted by Gasteiger charge is -2.02. The lowest BCUT2D eigenvalue weighted by atomic mass is 10.3. The lowest BCUT2D eigenvalue weighted by molar-refractivity contribution is 0.606. The summed E-state index contributed by atoms with van der Waals surface area (Å²) in [6.45, 7) is 1.94. The topological polar surface area (TPSA) is 30.7 Å². The molecule has 1 atom stereocenters. The van der Waals surface area contributed by atoms with E-state index in [1.165, 1.54) is 10.7 Å². The van der Waals surface area contributed by atoms with Crippen molar-refractivity contribution in [1.29, 1.82) is 0 Å². The Morgan fingerprint density at radius 2 is 2.19 bits per heavy atom. The maximum Gasteiger partial charge on any atom is 0.150 e. The molecule has 1 heterocycles. The molecule has 0 saturated carbocycles. The molecule has 0 saturated heterocycles. The average Bonchev–Trinajstić information content (AvgIpc) is 2.66. The van der Waals surface area contributed by atoms with E-state index in [-0.39, 0.29) is 10.6 Å². The van der Waals surface area contributed by atoms with Gasteiger partial charge in [-0.05, 0) is 25.1 Å². The minimum absolute atomic E-state index is 0.0970. The standard InChI is InChI=1S/C10H8Br2FN3/c1-6(11)9-5-16(15-14-9)10-3-2-7(12)4-8(10)13/h2-6H,1H3. The highest BCUT2D eigenvalue weighted by molar-refractivity contribution is 9.10. The van der Waals surface area contributed by atoms with Gasteiger partial charge in [-0.15, -0.1) is 5.10 Å². The molecule has 84 valence electrons. The first kappa shape index (κ1) is 11.7. The monoisotopic (exact) mass is 347 g/mol. The van der Waals surface area contributed by atoms with Crippen LogP contribution in [0.25, 0.3) is 5.69 Å². The van der Waals surface area contributed by atoms with Gasteiger partial charge >= 0.3 is 0 Å². The zero-order chi connectivity index (χ0) is 11.7. The van der Waals surface area contributed by atoms with Crippen molar-refractivity contribution in [3.05, 3.63) is 40.4 Å².